The van der Waals surface area contributed by atoms with E-state index in [4.69, 9.17) is 28.4 Å². The molecule has 0 aromatic heterocycles. The lowest BCUT2D eigenvalue weighted by Crippen LogP contribution is -2.70. The Kier molecular flexibility index (Phi) is 19.8. The Morgan fingerprint density at radius 3 is 1.52 bits per heavy atom. The van der Waals surface area contributed by atoms with E-state index in [2.05, 4.69) is 10.6 Å². The molecule has 0 aliphatic carbocycles. The summed E-state index contributed by atoms with van der Waals surface area (Å²) in [6.07, 6.45) is -39.8. The van der Waals surface area contributed by atoms with Crippen LogP contribution in [0.3, 0.4) is 0 Å². The van der Waals surface area contributed by atoms with Crippen LogP contribution in [0.2, 0.25) is 0 Å². The molecule has 29 nitrogen and oxygen atoms in total. The number of ether oxygens (including phenoxy) is 6. The van der Waals surface area contributed by atoms with Gasteiger partial charge in [0.15, 0.2) is 6.29 Å². The third-order valence-corrected chi connectivity index (χ3v) is 10.6. The predicted molar refractivity (Wildman–Crippen MR) is 194 cm³/mol. The zero-order chi connectivity index (χ0) is 47.9. The maximum atomic E-state index is 12.8. The number of rotatable bonds is 22. The maximum absolute atomic E-state index is 12.8. The highest BCUT2D eigenvalue weighted by atomic mass is 16.8. The van der Waals surface area contributed by atoms with E-state index in [0.29, 0.717) is 0 Å². The Balaban J connectivity index is 2.00. The van der Waals surface area contributed by atoms with Crippen LogP contribution in [0.1, 0.15) is 26.7 Å². The van der Waals surface area contributed by atoms with Gasteiger partial charge in [-0.1, -0.05) is 0 Å². The number of aliphatic hydroxyl groups excluding tert-OH is 15. The molecule has 0 spiro atoms. The van der Waals surface area contributed by atoms with E-state index in [1.54, 1.807) is 0 Å². The summed E-state index contributed by atoms with van der Waals surface area (Å²) >= 11 is 0. The number of carbonyl (C=O) groups is 4. The summed E-state index contributed by atoms with van der Waals surface area (Å²) in [7, 11) is 0. The molecule has 0 bridgehead atoms. The largest absolute Gasteiger partial charge is 0.477 e. The van der Waals surface area contributed by atoms with Gasteiger partial charge in [-0.15, -0.1) is 0 Å². The Morgan fingerprint density at radius 2 is 1.11 bits per heavy atom. The lowest BCUT2D eigenvalue weighted by Gasteiger charge is -2.50. The van der Waals surface area contributed by atoms with Crippen molar-refractivity contribution in [2.45, 2.75) is 154 Å². The molecule has 0 radical (unpaired) electrons. The van der Waals surface area contributed by atoms with Crippen molar-refractivity contribution in [2.24, 2.45) is 0 Å². The zero-order valence-electron chi connectivity index (χ0n) is 33.6. The third-order valence-electron chi connectivity index (χ3n) is 10.6. The molecular weight excluding hydrogens is 868 g/mol. The van der Waals surface area contributed by atoms with E-state index >= 15 is 0 Å². The average Bonchev–Trinajstić information content (AvgIpc) is 3.23. The minimum absolute atomic E-state index is 0.817. The van der Waals surface area contributed by atoms with Crippen molar-refractivity contribution >= 4 is 23.8 Å². The zero-order valence-corrected chi connectivity index (χ0v) is 33.6. The van der Waals surface area contributed by atoms with Gasteiger partial charge in [-0.3, -0.25) is 9.59 Å². The first-order chi connectivity index (χ1) is 29.3. The molecule has 29 heteroatoms. The van der Waals surface area contributed by atoms with Gasteiger partial charge in [0, 0.05) is 26.7 Å². The number of aliphatic hydroxyl groups is 15. The van der Waals surface area contributed by atoms with Crippen LogP contribution in [0.25, 0.3) is 0 Å². The Labute approximate surface area is 356 Å². The fourth-order valence-electron chi connectivity index (χ4n) is 7.25. The molecule has 3 fully saturated rings. The molecule has 0 saturated carbocycles. The van der Waals surface area contributed by atoms with Gasteiger partial charge < -0.3 is 126 Å². The van der Waals surface area contributed by atoms with Crippen LogP contribution in [-0.4, -0.2) is 271 Å². The molecule has 3 aliphatic heterocycles. The monoisotopic (exact) mass is 926 g/mol. The van der Waals surface area contributed by atoms with Crippen LogP contribution < -0.4 is 10.6 Å². The van der Waals surface area contributed by atoms with Crippen molar-refractivity contribution in [3.8, 4) is 0 Å². The molecule has 2 amide bonds. The molecule has 366 valence electrons. The van der Waals surface area contributed by atoms with E-state index in [-0.39, 0.29) is 0 Å². The smallest absolute Gasteiger partial charge is 0.364 e. The summed E-state index contributed by atoms with van der Waals surface area (Å²) in [6.45, 7) is -4.10. The number of amides is 2. The van der Waals surface area contributed by atoms with Gasteiger partial charge in [0.25, 0.3) is 11.6 Å². The molecule has 19 N–H and O–H groups in total. The first-order valence-electron chi connectivity index (χ1n) is 19.3. The standard InChI is InChI=1S/C34H58N2O27/c1-10(41)35-19-12(43)3-33(31(54)55,61-27(19)22(50)15(46)6-38)58-9-17(48)26(21(49)14(45)5-37)60-30-25(53)29(24(52)18(8-40)59-30)63-34(32(56)57)4-13(44)20(36-11(2)42)28(62-34)23(51)16(47)7-39/h12-30,37-40,43-53H,3-9H2,1-2H3,(H,35,41)(H,36,42)(H,54,55)(H,56,57)/t12-,13-,14-,15+,16+,17+,18+,19+,20+,21+,22+,23+,24-,25+,26+,27+,28+,29-,30-,33+,34-/m0/s1. The van der Waals surface area contributed by atoms with E-state index in [9.17, 15) is 106 Å². The van der Waals surface area contributed by atoms with Gasteiger partial charge in [0.1, 0.15) is 85.5 Å². The number of hydrogen-bond acceptors (Lipinski definition) is 25. The van der Waals surface area contributed by atoms with Crippen LogP contribution in [0.15, 0.2) is 0 Å². The summed E-state index contributed by atoms with van der Waals surface area (Å²) in [5.74, 6) is -12.1. The second-order valence-corrected chi connectivity index (χ2v) is 15.3. The van der Waals surface area contributed by atoms with Gasteiger partial charge in [0.2, 0.25) is 11.8 Å². The minimum atomic E-state index is -3.23. The molecule has 0 aromatic rings. The van der Waals surface area contributed by atoms with Gasteiger partial charge in [-0.2, -0.15) is 0 Å². The van der Waals surface area contributed by atoms with E-state index in [1.807, 2.05) is 0 Å². The van der Waals surface area contributed by atoms with E-state index < -0.39 is 197 Å². The molecule has 0 unspecified atom stereocenters. The van der Waals surface area contributed by atoms with E-state index in [0.717, 1.165) is 13.8 Å². The van der Waals surface area contributed by atoms with Crippen molar-refractivity contribution in [1.29, 1.82) is 0 Å². The van der Waals surface area contributed by atoms with Crippen molar-refractivity contribution in [3.05, 3.63) is 0 Å². The predicted octanol–water partition coefficient (Wildman–Crippen LogP) is -11.4. The van der Waals surface area contributed by atoms with Gasteiger partial charge >= 0.3 is 11.9 Å². The molecule has 63 heavy (non-hydrogen) atoms. The third kappa shape index (κ3) is 12.5. The van der Waals surface area contributed by atoms with Crippen molar-refractivity contribution < 1.29 is 134 Å². The number of nitrogens with one attached hydrogen (secondary N) is 2. The Hall–Kier alpha value is -2.96. The minimum Gasteiger partial charge on any atom is -0.477 e. The van der Waals surface area contributed by atoms with Crippen LogP contribution in [0.4, 0.5) is 0 Å². The van der Waals surface area contributed by atoms with Crippen molar-refractivity contribution in [1.82, 2.24) is 10.6 Å². The highest BCUT2D eigenvalue weighted by molar-refractivity contribution is 5.77. The summed E-state index contributed by atoms with van der Waals surface area (Å²) in [5.41, 5.74) is 0. The van der Waals surface area contributed by atoms with Gasteiger partial charge in [0.05, 0.1) is 57.3 Å². The average molecular weight is 927 g/mol. The number of hydrogen-bond donors (Lipinski definition) is 19. The van der Waals surface area contributed by atoms with Crippen LogP contribution in [0, 0.1) is 0 Å². The molecular formula is C34H58N2O27. The first-order valence-corrected chi connectivity index (χ1v) is 19.3. The molecule has 3 rings (SSSR count). The van der Waals surface area contributed by atoms with Crippen molar-refractivity contribution in [3.63, 3.8) is 0 Å². The lowest BCUT2D eigenvalue weighted by atomic mass is 9.88. The quantitative estimate of drug-likeness (QED) is 0.0479. The first kappa shape index (κ1) is 54.4. The highest BCUT2D eigenvalue weighted by Gasteiger charge is 2.60. The highest BCUT2D eigenvalue weighted by Crippen LogP contribution is 2.39. The fraction of sp³-hybridized carbons (Fsp3) is 0.882. The molecule has 0 aromatic carbocycles. The van der Waals surface area contributed by atoms with Gasteiger partial charge in [-0.25, -0.2) is 9.59 Å². The number of carboxylic acids is 2. The molecule has 21 atom stereocenters. The number of carbonyl (C=O) groups excluding carboxylic acids is 2. The Morgan fingerprint density at radius 1 is 0.667 bits per heavy atom. The number of aliphatic carboxylic acids is 2. The van der Waals surface area contributed by atoms with Crippen molar-refractivity contribution in [2.75, 3.05) is 33.0 Å². The maximum Gasteiger partial charge on any atom is 0.364 e. The van der Waals surface area contributed by atoms with E-state index in [1.165, 1.54) is 0 Å². The van der Waals surface area contributed by atoms with Crippen LogP contribution in [-0.2, 0) is 47.6 Å². The number of carboxylic acid groups (broad SMARTS) is 2. The summed E-state index contributed by atoms with van der Waals surface area (Å²) in [5, 5.41) is 182. The molecule has 3 saturated heterocycles. The second kappa shape index (κ2) is 23.0. The molecule has 3 heterocycles. The normalized spacial score (nSPS) is 37.6. The fourth-order valence-corrected chi connectivity index (χ4v) is 7.25. The molecule has 3 aliphatic rings. The lowest BCUT2D eigenvalue weighted by molar-refractivity contribution is -0.378. The Bertz CT molecular complexity index is 1520. The topological polar surface area (TPSA) is 492 Å². The second-order valence-electron chi connectivity index (χ2n) is 15.3. The van der Waals surface area contributed by atoms with Gasteiger partial charge in [-0.05, 0) is 0 Å². The SMILES string of the molecule is CC(=O)N[C@H]1[C@H]([C@H](O)[C@H](O)CO)O[C@@](OC[C@@H](O)[C@@H](O[C@@H]2O[C@H](CO)[C@H](O)[C@H](O[C@]3(C(=O)O)C[C@H](O)[C@@H](NC(C)=O)[C@H]([C@H](O)[C@H](O)CO)O3)[C@H]2O)[C@H](O)[C@@H](O)CO)(C(=O)O)C[C@@H]1O. The van der Waals surface area contributed by atoms with Crippen LogP contribution >= 0.6 is 0 Å². The summed E-state index contributed by atoms with van der Waals surface area (Å²) in [4.78, 5) is 49.3. The summed E-state index contributed by atoms with van der Waals surface area (Å²) < 4.78 is 32.9. The van der Waals surface area contributed by atoms with Crippen LogP contribution in [0.5, 0.6) is 0 Å². The summed E-state index contributed by atoms with van der Waals surface area (Å²) in [6, 6.07) is -3.30.